The topological polar surface area (TPSA) is 73.8 Å². The van der Waals surface area contributed by atoms with Crippen LogP contribution in [0.1, 0.15) is 114 Å². The van der Waals surface area contributed by atoms with Crippen molar-refractivity contribution < 1.29 is 4.57 Å². The smallest absolute Gasteiger partial charge is 0.212 e. The molecule has 0 N–H and O–H groups in total. The zero-order chi connectivity index (χ0) is 29.1. The molecule has 3 aromatic rings. The molecule has 0 saturated carbocycles. The van der Waals surface area contributed by atoms with E-state index in [2.05, 4.69) is 54.1 Å². The summed E-state index contributed by atoms with van der Waals surface area (Å²) in [6.45, 7) is 3.23. The first-order valence-corrected chi connectivity index (χ1v) is 15.5. The van der Waals surface area contributed by atoms with Gasteiger partial charge in [0.15, 0.2) is 6.20 Å². The molecule has 0 aliphatic carbocycles. The average molecular weight is 545 g/mol. The van der Waals surface area contributed by atoms with Crippen molar-refractivity contribution in [3.8, 4) is 12.1 Å². The second kappa shape index (κ2) is 18.4. The summed E-state index contributed by atoms with van der Waals surface area (Å²) in [6, 6.07) is 21.8. The lowest BCUT2D eigenvalue weighted by atomic mass is 10.00. The quantitative estimate of drug-likeness (QED) is 0.0691. The van der Waals surface area contributed by atoms with Gasteiger partial charge in [-0.2, -0.15) is 15.1 Å². The van der Waals surface area contributed by atoms with E-state index in [9.17, 15) is 5.26 Å². The van der Waals surface area contributed by atoms with Gasteiger partial charge in [-0.3, -0.25) is 0 Å². The molecule has 0 saturated heterocycles. The summed E-state index contributed by atoms with van der Waals surface area (Å²) < 4.78 is 2.32. The highest BCUT2D eigenvalue weighted by molar-refractivity contribution is 5.99. The van der Waals surface area contributed by atoms with Crippen LogP contribution in [0, 0.1) is 22.7 Å². The minimum atomic E-state index is 0.0677. The molecule has 41 heavy (non-hydrogen) atoms. The Kier molecular flexibility index (Phi) is 14.1. The molecule has 3 rings (SSSR count). The van der Waals surface area contributed by atoms with Gasteiger partial charge in [-0.25, -0.2) is 5.87 Å². The van der Waals surface area contributed by atoms with E-state index in [4.69, 9.17) is 10.7 Å². The molecule has 2 aromatic carbocycles. The number of para-hydroxylation sites is 1. The Morgan fingerprint density at radius 1 is 0.732 bits per heavy atom. The molecule has 0 radical (unpaired) electrons. The van der Waals surface area contributed by atoms with Crippen molar-refractivity contribution in [1.29, 1.82) is 10.5 Å². The maximum Gasteiger partial charge on any atom is 0.212 e. The second-order valence-electron chi connectivity index (χ2n) is 11.0. The highest BCUT2D eigenvalue weighted by Gasteiger charge is 2.12. The van der Waals surface area contributed by atoms with Crippen LogP contribution in [0.25, 0.3) is 33.5 Å². The summed E-state index contributed by atoms with van der Waals surface area (Å²) >= 11 is 0. The Labute approximate surface area is 247 Å². The number of benzene rings is 2. The van der Waals surface area contributed by atoms with Crippen LogP contribution in [-0.2, 0) is 6.54 Å². The van der Waals surface area contributed by atoms with Crippen LogP contribution >= 0.6 is 0 Å². The third-order valence-electron chi connectivity index (χ3n) is 7.77. The second-order valence-corrected chi connectivity index (χ2v) is 11.0. The van der Waals surface area contributed by atoms with Crippen molar-refractivity contribution in [2.75, 3.05) is 0 Å². The lowest BCUT2D eigenvalue weighted by Gasteiger charge is -2.06. The van der Waals surface area contributed by atoms with Gasteiger partial charge in [-0.05, 0) is 35.8 Å². The fourth-order valence-corrected chi connectivity index (χ4v) is 5.40. The number of fused-ring (bicyclic) bond motifs is 1. The van der Waals surface area contributed by atoms with Gasteiger partial charge in [-0.1, -0.05) is 120 Å². The summed E-state index contributed by atoms with van der Waals surface area (Å²) in [5.41, 5.74) is 4.13. The predicted molar refractivity (Wildman–Crippen MR) is 172 cm³/mol. The van der Waals surface area contributed by atoms with Crippen LogP contribution in [0.2, 0.25) is 0 Å². The van der Waals surface area contributed by atoms with Crippen molar-refractivity contribution in [1.82, 2.24) is 0 Å². The lowest BCUT2D eigenvalue weighted by molar-refractivity contribution is -0.672. The number of aromatic nitrogens is 1. The normalized spacial score (nSPS) is 11.1. The molecule has 0 fully saturated rings. The maximum atomic E-state index is 9.90. The minimum absolute atomic E-state index is 0.0677. The van der Waals surface area contributed by atoms with Gasteiger partial charge >= 0.3 is 0 Å². The number of nitrogens with zero attached hydrogens (tertiary/aromatic N) is 4. The number of allylic oxidation sites excluding steroid dienone is 2. The van der Waals surface area contributed by atoms with Gasteiger partial charge < -0.3 is 5.41 Å². The third kappa shape index (κ3) is 10.5. The molecular weight excluding hydrogens is 500 g/mol. The molecule has 0 aliphatic rings. The standard InChI is InChI=1S/C37H44N4/c1-2-3-4-5-6-7-8-9-10-11-12-13-14-17-24-41-30-31(25-34-18-15-16-19-37(34)41)26-35(27-38)32-20-22-33(23-21-32)36(28-39)29-40/h15-16,18-23,25-26,30H,2-14,17,24H2,1H3/b35-26+. The summed E-state index contributed by atoms with van der Waals surface area (Å²) in [6.07, 6.45) is 23.0. The van der Waals surface area contributed by atoms with Crippen LogP contribution in [0.4, 0.5) is 0 Å². The van der Waals surface area contributed by atoms with Crippen molar-refractivity contribution >= 4 is 34.0 Å². The molecule has 0 unspecified atom stereocenters. The van der Waals surface area contributed by atoms with Crippen LogP contribution in [0.15, 0.2) is 60.8 Å². The Balaban J connectivity index is 1.53. The molecule has 0 aliphatic heterocycles. The zero-order valence-electron chi connectivity index (χ0n) is 24.7. The molecule has 0 amide bonds. The molecule has 4 nitrogen and oxygen atoms in total. The Morgan fingerprint density at radius 3 is 1.85 bits per heavy atom. The Hall–Kier alpha value is -3.98. The first kappa shape index (κ1) is 31.5. The van der Waals surface area contributed by atoms with E-state index in [-0.39, 0.29) is 5.57 Å². The number of hydrogen-bond acceptors (Lipinski definition) is 2. The van der Waals surface area contributed by atoms with Gasteiger partial charge in [0.2, 0.25) is 5.52 Å². The summed E-state index contributed by atoms with van der Waals surface area (Å²) in [5.74, 6) is 1.91. The van der Waals surface area contributed by atoms with Gasteiger partial charge in [0.25, 0.3) is 0 Å². The zero-order valence-corrected chi connectivity index (χ0v) is 24.7. The van der Waals surface area contributed by atoms with E-state index in [1.807, 2.05) is 18.0 Å². The average Bonchev–Trinajstić information content (AvgIpc) is 3.01. The fraction of sp³-hybridized carbons (Fsp3) is 0.432. The van der Waals surface area contributed by atoms with E-state index in [0.29, 0.717) is 11.1 Å². The third-order valence-corrected chi connectivity index (χ3v) is 7.77. The number of pyridine rings is 1. The minimum Gasteiger partial charge on any atom is -0.762 e. The van der Waals surface area contributed by atoms with E-state index in [1.165, 1.54) is 89.0 Å². The number of unbranched alkanes of at least 4 members (excludes halogenated alkanes) is 13. The van der Waals surface area contributed by atoms with Crippen molar-refractivity contribution in [2.45, 2.75) is 103 Å². The van der Waals surface area contributed by atoms with Gasteiger partial charge in [0.1, 0.15) is 12.6 Å². The molecule has 0 atom stereocenters. The van der Waals surface area contributed by atoms with E-state index < -0.39 is 0 Å². The number of nitriles is 2. The van der Waals surface area contributed by atoms with Gasteiger partial charge in [0.05, 0.1) is 17.2 Å². The highest BCUT2D eigenvalue weighted by Crippen LogP contribution is 2.22. The predicted octanol–water partition coefficient (Wildman–Crippen LogP) is 9.82. The van der Waals surface area contributed by atoms with Gasteiger partial charge in [-0.15, -0.1) is 0 Å². The lowest BCUT2D eigenvalue weighted by Crippen LogP contribution is -2.34. The Bertz CT molecular complexity index is 1400. The molecule has 0 bridgehead atoms. The van der Waals surface area contributed by atoms with Crippen molar-refractivity contribution in [2.24, 2.45) is 0 Å². The largest absolute Gasteiger partial charge is 0.762 e. The van der Waals surface area contributed by atoms with Crippen LogP contribution < -0.4 is 4.57 Å². The van der Waals surface area contributed by atoms with Crippen LogP contribution in [0.5, 0.6) is 0 Å². The van der Waals surface area contributed by atoms with Crippen LogP contribution in [-0.4, -0.2) is 5.87 Å². The van der Waals surface area contributed by atoms with E-state index in [1.54, 1.807) is 24.3 Å². The first-order valence-electron chi connectivity index (χ1n) is 15.5. The number of rotatable bonds is 18. The van der Waals surface area contributed by atoms with Crippen molar-refractivity contribution in [3.63, 3.8) is 0 Å². The summed E-state index contributed by atoms with van der Waals surface area (Å²) in [7, 11) is 0. The molecule has 212 valence electrons. The summed E-state index contributed by atoms with van der Waals surface area (Å²) in [4.78, 5) is 0. The van der Waals surface area contributed by atoms with Crippen molar-refractivity contribution in [3.05, 3.63) is 82.9 Å². The summed E-state index contributed by atoms with van der Waals surface area (Å²) in [5, 5.41) is 29.3. The first-order chi connectivity index (χ1) is 20.2. The molecule has 0 spiro atoms. The number of hydrogen-bond donors (Lipinski definition) is 0. The molecular formula is C37H44N4. The monoisotopic (exact) mass is 544 g/mol. The maximum absolute atomic E-state index is 9.90. The molecule has 1 aromatic heterocycles. The molecule has 1 heterocycles. The number of aryl methyl sites for hydroxylation is 1. The van der Waals surface area contributed by atoms with Gasteiger partial charge in [0, 0.05) is 23.4 Å². The van der Waals surface area contributed by atoms with E-state index >= 15 is 0 Å². The molecule has 4 heteroatoms. The Morgan fingerprint density at radius 2 is 1.29 bits per heavy atom. The van der Waals surface area contributed by atoms with Crippen LogP contribution in [0.3, 0.4) is 0 Å². The SMILES string of the molecule is CCCCCCCCCCCCCCCC[n+]1cc(/C=C(\C#N)c2ccc(C(=C=[N-])C#N)cc2)cc2ccccc21. The fourth-order valence-electron chi connectivity index (χ4n) is 5.40. The van der Waals surface area contributed by atoms with E-state index in [0.717, 1.165) is 29.5 Å². The highest BCUT2D eigenvalue weighted by atomic mass is 14.9.